The van der Waals surface area contributed by atoms with Crippen LogP contribution < -0.4 is 25.4 Å². The Hall–Kier alpha value is -3.79. The van der Waals surface area contributed by atoms with E-state index in [4.69, 9.17) is 9.47 Å². The number of pyridine rings is 3. The first kappa shape index (κ1) is 22.0. The smallest absolute Gasteiger partial charge is 0.263 e. The zero-order valence-corrected chi connectivity index (χ0v) is 18.8. The summed E-state index contributed by atoms with van der Waals surface area (Å²) in [7, 11) is 1.56. The lowest BCUT2D eigenvalue weighted by atomic mass is 9.85. The summed E-state index contributed by atoms with van der Waals surface area (Å²) >= 11 is 0. The summed E-state index contributed by atoms with van der Waals surface area (Å²) in [5.74, 6) is 1.28. The van der Waals surface area contributed by atoms with Crippen LogP contribution in [0.1, 0.15) is 31.4 Å². The monoisotopic (exact) mass is 462 g/mol. The minimum atomic E-state index is -0.198. The maximum Gasteiger partial charge on any atom is 0.263 e. The van der Waals surface area contributed by atoms with E-state index in [0.29, 0.717) is 46.8 Å². The molecule has 10 heteroatoms. The summed E-state index contributed by atoms with van der Waals surface area (Å²) in [5.41, 5.74) is 2.79. The first-order valence-electron chi connectivity index (χ1n) is 11.4. The lowest BCUT2D eigenvalue weighted by molar-refractivity contribution is -0.121. The van der Waals surface area contributed by atoms with Gasteiger partial charge in [-0.25, -0.2) is 9.97 Å². The van der Waals surface area contributed by atoms with Crippen LogP contribution in [-0.4, -0.2) is 46.5 Å². The molecule has 3 aromatic heterocycles. The molecular weight excluding hydrogens is 436 g/mol. The van der Waals surface area contributed by atoms with Crippen molar-refractivity contribution < 1.29 is 19.1 Å². The van der Waals surface area contributed by atoms with E-state index in [1.807, 2.05) is 18.2 Å². The first-order chi connectivity index (χ1) is 16.6. The fourth-order valence-electron chi connectivity index (χ4n) is 4.37. The predicted octanol–water partition coefficient (Wildman–Crippen LogP) is 2.65. The van der Waals surface area contributed by atoms with Gasteiger partial charge in [0, 0.05) is 30.8 Å². The molecule has 4 heterocycles. The molecule has 0 unspecified atom stereocenters. The van der Waals surface area contributed by atoms with Gasteiger partial charge < -0.3 is 25.4 Å². The molecule has 1 saturated carbocycles. The van der Waals surface area contributed by atoms with Gasteiger partial charge in [-0.05, 0) is 49.9 Å². The van der Waals surface area contributed by atoms with Gasteiger partial charge in [-0.2, -0.15) is 0 Å². The van der Waals surface area contributed by atoms with Crippen molar-refractivity contribution in [1.82, 2.24) is 20.3 Å². The molecule has 34 heavy (non-hydrogen) atoms. The third-order valence-electron chi connectivity index (χ3n) is 6.23. The van der Waals surface area contributed by atoms with Crippen LogP contribution in [0.5, 0.6) is 11.6 Å². The number of anilines is 2. The standard InChI is InChI=1S/C24H26N6O4/c1-33-21-9-7-17-22(30-21)18(10-11-25-17)28-24(32)14-2-4-15(5-3-14)26-12-16-6-8-19-23(27-16)29-20(31)13-34-19/h6-11,14-15,26H,2-5,12-13H2,1H3,(H,25,28,32)(H,27,29,31)/t14-,15-. The molecule has 3 aromatic rings. The number of amides is 2. The van der Waals surface area contributed by atoms with Crippen LogP contribution in [0, 0.1) is 5.92 Å². The molecule has 0 radical (unpaired) electrons. The van der Waals surface area contributed by atoms with Crippen molar-refractivity contribution >= 4 is 34.4 Å². The highest BCUT2D eigenvalue weighted by molar-refractivity contribution is 6.00. The average molecular weight is 463 g/mol. The topological polar surface area (TPSA) is 127 Å². The molecule has 0 atom stereocenters. The Morgan fingerprint density at radius 2 is 2.00 bits per heavy atom. The van der Waals surface area contributed by atoms with E-state index in [2.05, 4.69) is 30.9 Å². The SMILES string of the molecule is COc1ccc2nccc(NC(=O)[C@H]3CC[C@H](NCc4ccc5c(n4)NC(=O)CO5)CC3)c2n1. The fourth-order valence-corrected chi connectivity index (χ4v) is 4.37. The molecule has 10 nitrogen and oxygen atoms in total. The van der Waals surface area contributed by atoms with E-state index in [1.165, 1.54) is 0 Å². The van der Waals surface area contributed by atoms with Gasteiger partial charge in [-0.15, -0.1) is 0 Å². The minimum absolute atomic E-state index is 0.00247. The summed E-state index contributed by atoms with van der Waals surface area (Å²) < 4.78 is 10.6. The highest BCUT2D eigenvalue weighted by Gasteiger charge is 2.27. The molecule has 2 amide bonds. The van der Waals surface area contributed by atoms with Crippen molar-refractivity contribution in [3.8, 4) is 11.6 Å². The van der Waals surface area contributed by atoms with E-state index < -0.39 is 0 Å². The second kappa shape index (κ2) is 9.60. The Balaban J connectivity index is 1.14. The number of fused-ring (bicyclic) bond motifs is 2. The second-order valence-corrected chi connectivity index (χ2v) is 8.48. The van der Waals surface area contributed by atoms with Crippen LogP contribution in [0.15, 0.2) is 36.5 Å². The molecule has 1 aliphatic heterocycles. The van der Waals surface area contributed by atoms with Crippen molar-refractivity contribution in [2.75, 3.05) is 24.4 Å². The number of ether oxygens (including phenoxy) is 2. The molecule has 1 fully saturated rings. The molecule has 0 aromatic carbocycles. The molecule has 5 rings (SSSR count). The molecular formula is C24H26N6O4. The Bertz CT molecular complexity index is 1230. The Kier molecular flexibility index (Phi) is 6.22. The Morgan fingerprint density at radius 3 is 2.82 bits per heavy atom. The maximum absolute atomic E-state index is 12.9. The number of nitrogens with one attached hydrogen (secondary N) is 3. The molecule has 3 N–H and O–H groups in total. The second-order valence-electron chi connectivity index (χ2n) is 8.48. The van der Waals surface area contributed by atoms with E-state index in [1.54, 1.807) is 25.4 Å². The Morgan fingerprint density at radius 1 is 1.15 bits per heavy atom. The summed E-state index contributed by atoms with van der Waals surface area (Å²) in [4.78, 5) is 37.7. The normalized spacial score (nSPS) is 19.6. The Labute approximate surface area is 196 Å². The van der Waals surface area contributed by atoms with Gasteiger partial charge in [-0.3, -0.25) is 14.6 Å². The van der Waals surface area contributed by atoms with Crippen LogP contribution in [0.4, 0.5) is 11.5 Å². The maximum atomic E-state index is 12.9. The van der Waals surface area contributed by atoms with Gasteiger partial charge in [0.2, 0.25) is 11.8 Å². The quantitative estimate of drug-likeness (QED) is 0.510. The summed E-state index contributed by atoms with van der Waals surface area (Å²) in [6.45, 7) is 0.604. The van der Waals surface area contributed by atoms with Gasteiger partial charge in [0.1, 0.15) is 5.52 Å². The van der Waals surface area contributed by atoms with Crippen molar-refractivity contribution in [3.63, 3.8) is 0 Å². The van der Waals surface area contributed by atoms with Crippen LogP contribution in [0.3, 0.4) is 0 Å². The first-order valence-corrected chi connectivity index (χ1v) is 11.4. The largest absolute Gasteiger partial charge is 0.481 e. The van der Waals surface area contributed by atoms with Gasteiger partial charge >= 0.3 is 0 Å². The lowest BCUT2D eigenvalue weighted by Crippen LogP contribution is -2.36. The van der Waals surface area contributed by atoms with Crippen LogP contribution in [-0.2, 0) is 16.1 Å². The van der Waals surface area contributed by atoms with Gasteiger partial charge in [0.05, 0.1) is 24.0 Å². The molecule has 176 valence electrons. The van der Waals surface area contributed by atoms with Crippen molar-refractivity contribution in [1.29, 1.82) is 0 Å². The van der Waals surface area contributed by atoms with E-state index in [0.717, 1.165) is 31.4 Å². The number of aromatic nitrogens is 3. The molecule has 0 spiro atoms. The van der Waals surface area contributed by atoms with Crippen LogP contribution in [0.25, 0.3) is 11.0 Å². The summed E-state index contributed by atoms with van der Waals surface area (Å²) in [6.07, 6.45) is 5.05. The van der Waals surface area contributed by atoms with Gasteiger partial charge in [-0.1, -0.05) is 0 Å². The van der Waals surface area contributed by atoms with Gasteiger partial charge in [0.25, 0.3) is 5.91 Å². The summed E-state index contributed by atoms with van der Waals surface area (Å²) in [5, 5.41) is 9.29. The zero-order valence-electron chi connectivity index (χ0n) is 18.8. The number of carbonyl (C=O) groups is 2. The van der Waals surface area contributed by atoms with Crippen LogP contribution in [0.2, 0.25) is 0 Å². The summed E-state index contributed by atoms with van der Waals surface area (Å²) in [6, 6.07) is 9.36. The van der Waals surface area contributed by atoms with Crippen LogP contribution >= 0.6 is 0 Å². The van der Waals surface area contributed by atoms with E-state index in [-0.39, 0.29) is 24.3 Å². The fraction of sp³-hybridized carbons (Fsp3) is 0.375. The van der Waals surface area contributed by atoms with Crippen molar-refractivity contribution in [3.05, 3.63) is 42.2 Å². The molecule has 0 saturated heterocycles. The third kappa shape index (κ3) is 4.76. The predicted molar refractivity (Wildman–Crippen MR) is 126 cm³/mol. The molecule has 2 aliphatic rings. The highest BCUT2D eigenvalue weighted by Crippen LogP contribution is 2.29. The number of methoxy groups -OCH3 is 1. The van der Waals surface area contributed by atoms with Crippen molar-refractivity contribution in [2.45, 2.75) is 38.3 Å². The van der Waals surface area contributed by atoms with Gasteiger partial charge in [0.15, 0.2) is 18.2 Å². The number of hydrogen-bond acceptors (Lipinski definition) is 8. The van der Waals surface area contributed by atoms with E-state index >= 15 is 0 Å². The number of hydrogen-bond donors (Lipinski definition) is 3. The minimum Gasteiger partial charge on any atom is -0.481 e. The molecule has 1 aliphatic carbocycles. The number of nitrogens with zero attached hydrogens (tertiary/aromatic N) is 3. The third-order valence-corrected chi connectivity index (χ3v) is 6.23. The van der Waals surface area contributed by atoms with E-state index in [9.17, 15) is 9.59 Å². The number of rotatable bonds is 6. The van der Waals surface area contributed by atoms with Crippen molar-refractivity contribution in [2.24, 2.45) is 5.92 Å². The zero-order chi connectivity index (χ0) is 23.5. The average Bonchev–Trinajstić information content (AvgIpc) is 2.87. The number of carbonyl (C=O) groups excluding carboxylic acids is 2. The lowest BCUT2D eigenvalue weighted by Gasteiger charge is -2.28. The molecule has 0 bridgehead atoms. The highest BCUT2D eigenvalue weighted by atomic mass is 16.5.